The molecule has 0 aromatic heterocycles. The van der Waals surface area contributed by atoms with Crippen LogP contribution in [0.1, 0.15) is 56.9 Å². The summed E-state index contributed by atoms with van der Waals surface area (Å²) in [6.07, 6.45) is 7.33. The van der Waals surface area contributed by atoms with E-state index in [2.05, 4.69) is 11.8 Å². The summed E-state index contributed by atoms with van der Waals surface area (Å²) in [5, 5.41) is 8.49. The van der Waals surface area contributed by atoms with E-state index in [0.717, 1.165) is 50.5 Å². The van der Waals surface area contributed by atoms with Crippen LogP contribution in [0, 0.1) is 17.7 Å². The molecule has 3 heteroatoms. The van der Waals surface area contributed by atoms with E-state index in [1.807, 2.05) is 0 Å². The van der Waals surface area contributed by atoms with E-state index in [1.165, 1.54) is 12.1 Å². The molecule has 0 spiro atoms. The van der Waals surface area contributed by atoms with Crippen molar-refractivity contribution in [2.24, 2.45) is 0 Å². The SMILES string of the molecule is O=C(O)CCCCCCCCC#Cc1ccc(F)cc1. The Morgan fingerprint density at radius 1 is 1.00 bits per heavy atom. The molecule has 1 aromatic carbocycles. The van der Waals surface area contributed by atoms with Gasteiger partial charge in [0.2, 0.25) is 0 Å². The molecule has 0 aliphatic heterocycles. The largest absolute Gasteiger partial charge is 0.481 e. The van der Waals surface area contributed by atoms with Gasteiger partial charge >= 0.3 is 5.97 Å². The summed E-state index contributed by atoms with van der Waals surface area (Å²) >= 11 is 0. The lowest BCUT2D eigenvalue weighted by Crippen LogP contribution is -1.93. The molecular weight excluding hydrogens is 255 g/mol. The van der Waals surface area contributed by atoms with Gasteiger partial charge in [-0.1, -0.05) is 37.5 Å². The summed E-state index contributed by atoms with van der Waals surface area (Å²) in [6.45, 7) is 0. The normalized spacial score (nSPS) is 9.85. The highest BCUT2D eigenvalue weighted by atomic mass is 19.1. The van der Waals surface area contributed by atoms with Gasteiger partial charge in [0, 0.05) is 18.4 Å². The number of carboxylic acid groups (broad SMARTS) is 1. The minimum Gasteiger partial charge on any atom is -0.481 e. The molecule has 0 radical (unpaired) electrons. The molecule has 1 rings (SSSR count). The molecule has 20 heavy (non-hydrogen) atoms. The Morgan fingerprint density at radius 3 is 2.25 bits per heavy atom. The van der Waals surface area contributed by atoms with Gasteiger partial charge in [0.1, 0.15) is 5.82 Å². The van der Waals surface area contributed by atoms with Crippen LogP contribution in [-0.2, 0) is 4.79 Å². The molecule has 0 amide bonds. The number of benzene rings is 1. The van der Waals surface area contributed by atoms with Gasteiger partial charge < -0.3 is 5.11 Å². The second-order valence-electron chi connectivity index (χ2n) is 4.82. The fraction of sp³-hybridized carbons (Fsp3) is 0.471. The molecule has 108 valence electrons. The van der Waals surface area contributed by atoms with Crippen LogP contribution in [0.15, 0.2) is 24.3 Å². The van der Waals surface area contributed by atoms with Crippen molar-refractivity contribution in [3.8, 4) is 11.8 Å². The summed E-state index contributed by atoms with van der Waals surface area (Å²) in [4.78, 5) is 10.3. The number of unbranched alkanes of at least 4 members (excludes halogenated alkanes) is 6. The van der Waals surface area contributed by atoms with E-state index in [-0.39, 0.29) is 12.2 Å². The zero-order valence-corrected chi connectivity index (χ0v) is 11.7. The summed E-state index contributed by atoms with van der Waals surface area (Å²) < 4.78 is 12.7. The quantitative estimate of drug-likeness (QED) is 0.565. The fourth-order valence-electron chi connectivity index (χ4n) is 1.89. The van der Waals surface area contributed by atoms with Gasteiger partial charge in [0.15, 0.2) is 0 Å². The molecule has 2 nitrogen and oxygen atoms in total. The molecule has 0 saturated heterocycles. The lowest BCUT2D eigenvalue weighted by Gasteiger charge is -1.98. The van der Waals surface area contributed by atoms with Crippen molar-refractivity contribution in [3.63, 3.8) is 0 Å². The van der Waals surface area contributed by atoms with E-state index in [0.29, 0.717) is 0 Å². The van der Waals surface area contributed by atoms with Crippen LogP contribution in [0.2, 0.25) is 0 Å². The minimum absolute atomic E-state index is 0.238. The Kier molecular flexibility index (Phi) is 8.14. The molecule has 1 N–H and O–H groups in total. The maximum Gasteiger partial charge on any atom is 0.303 e. The molecule has 0 heterocycles. The van der Waals surface area contributed by atoms with E-state index in [1.54, 1.807) is 12.1 Å². The van der Waals surface area contributed by atoms with Crippen LogP contribution < -0.4 is 0 Å². The van der Waals surface area contributed by atoms with Gasteiger partial charge in [-0.05, 0) is 37.1 Å². The Labute approximate surface area is 120 Å². The highest BCUT2D eigenvalue weighted by Crippen LogP contribution is 2.08. The number of carbonyl (C=O) groups is 1. The van der Waals surface area contributed by atoms with E-state index >= 15 is 0 Å². The zero-order chi connectivity index (χ0) is 14.6. The van der Waals surface area contributed by atoms with E-state index in [4.69, 9.17) is 5.11 Å². The van der Waals surface area contributed by atoms with Crippen LogP contribution >= 0.6 is 0 Å². The Morgan fingerprint density at radius 2 is 1.60 bits per heavy atom. The van der Waals surface area contributed by atoms with Gasteiger partial charge in [0.25, 0.3) is 0 Å². The molecule has 0 bridgehead atoms. The zero-order valence-electron chi connectivity index (χ0n) is 11.7. The Balaban J connectivity index is 2.00. The summed E-state index contributed by atoms with van der Waals surface area (Å²) in [7, 11) is 0. The third kappa shape index (κ3) is 8.31. The van der Waals surface area contributed by atoms with Gasteiger partial charge in [-0.25, -0.2) is 4.39 Å². The number of hydrogen-bond acceptors (Lipinski definition) is 1. The molecule has 0 atom stereocenters. The van der Waals surface area contributed by atoms with Crippen LogP contribution in [0.5, 0.6) is 0 Å². The third-order valence-electron chi connectivity index (χ3n) is 3.02. The molecule has 0 unspecified atom stereocenters. The fourth-order valence-corrected chi connectivity index (χ4v) is 1.89. The highest BCUT2D eigenvalue weighted by Gasteiger charge is 1.96. The minimum atomic E-state index is -0.707. The first-order valence-electron chi connectivity index (χ1n) is 7.15. The monoisotopic (exact) mass is 276 g/mol. The summed E-state index contributed by atoms with van der Waals surface area (Å²) in [6, 6.07) is 6.21. The standard InChI is InChI=1S/C17H21FO2/c18-16-13-11-15(12-14-16)9-7-5-3-1-2-4-6-8-10-17(19)20/h11-14H,1-6,8,10H2,(H,19,20). The molecule has 1 aromatic rings. The second-order valence-corrected chi connectivity index (χ2v) is 4.82. The van der Waals surface area contributed by atoms with Crippen LogP contribution in [0.25, 0.3) is 0 Å². The predicted molar refractivity (Wildman–Crippen MR) is 77.8 cm³/mol. The van der Waals surface area contributed by atoms with Crippen molar-refractivity contribution < 1.29 is 14.3 Å². The first kappa shape index (κ1) is 16.2. The number of hydrogen-bond donors (Lipinski definition) is 1. The van der Waals surface area contributed by atoms with Crippen molar-refractivity contribution in [1.29, 1.82) is 0 Å². The molecule has 0 aliphatic rings. The van der Waals surface area contributed by atoms with Gasteiger partial charge in [-0.3, -0.25) is 4.79 Å². The predicted octanol–water partition coefficient (Wildman–Crippen LogP) is 4.38. The first-order chi connectivity index (χ1) is 9.68. The number of halogens is 1. The van der Waals surface area contributed by atoms with Gasteiger partial charge in [-0.2, -0.15) is 0 Å². The first-order valence-corrected chi connectivity index (χ1v) is 7.15. The smallest absolute Gasteiger partial charge is 0.303 e. The lowest BCUT2D eigenvalue weighted by molar-refractivity contribution is -0.137. The van der Waals surface area contributed by atoms with Crippen molar-refractivity contribution in [3.05, 3.63) is 35.6 Å². The second kappa shape index (κ2) is 10.0. The number of aliphatic carboxylic acids is 1. The van der Waals surface area contributed by atoms with E-state index < -0.39 is 5.97 Å². The summed E-state index contributed by atoms with van der Waals surface area (Å²) in [5.41, 5.74) is 0.847. The van der Waals surface area contributed by atoms with Crippen molar-refractivity contribution in [1.82, 2.24) is 0 Å². The third-order valence-corrected chi connectivity index (χ3v) is 3.02. The lowest BCUT2D eigenvalue weighted by atomic mass is 10.1. The Bertz CT molecular complexity index is 454. The van der Waals surface area contributed by atoms with Crippen LogP contribution in [-0.4, -0.2) is 11.1 Å². The number of rotatable bonds is 8. The van der Waals surface area contributed by atoms with Crippen LogP contribution in [0.3, 0.4) is 0 Å². The highest BCUT2D eigenvalue weighted by molar-refractivity contribution is 5.66. The average molecular weight is 276 g/mol. The topological polar surface area (TPSA) is 37.3 Å². The molecule has 0 aliphatic carbocycles. The van der Waals surface area contributed by atoms with Crippen LogP contribution in [0.4, 0.5) is 4.39 Å². The van der Waals surface area contributed by atoms with Crippen molar-refractivity contribution in [2.45, 2.75) is 51.4 Å². The average Bonchev–Trinajstić information content (AvgIpc) is 2.42. The molecule has 0 saturated carbocycles. The Hall–Kier alpha value is -1.82. The maximum absolute atomic E-state index is 12.7. The maximum atomic E-state index is 12.7. The summed E-state index contributed by atoms with van der Waals surface area (Å²) in [5.74, 6) is 5.16. The molecular formula is C17H21FO2. The van der Waals surface area contributed by atoms with Gasteiger partial charge in [0.05, 0.1) is 0 Å². The van der Waals surface area contributed by atoms with Crippen molar-refractivity contribution >= 4 is 5.97 Å². The van der Waals surface area contributed by atoms with Gasteiger partial charge in [-0.15, -0.1) is 0 Å². The number of carboxylic acids is 1. The van der Waals surface area contributed by atoms with Crippen molar-refractivity contribution in [2.75, 3.05) is 0 Å². The molecule has 0 fully saturated rings. The van der Waals surface area contributed by atoms with E-state index in [9.17, 15) is 9.18 Å².